The second kappa shape index (κ2) is 5.21. The topological polar surface area (TPSA) is 63.9 Å². The molecule has 25 heavy (non-hydrogen) atoms. The lowest BCUT2D eigenvalue weighted by Gasteiger charge is -2.67. The first-order valence-corrected chi connectivity index (χ1v) is 10.0. The van der Waals surface area contributed by atoms with Crippen molar-refractivity contribution >= 4 is 0 Å². The number of likely N-dealkylation sites (tertiary alicyclic amines) is 1. The summed E-state index contributed by atoms with van der Waals surface area (Å²) in [4.78, 5) is 2.20. The van der Waals surface area contributed by atoms with Crippen LogP contribution in [0.25, 0.3) is 0 Å². The van der Waals surface area contributed by atoms with E-state index in [4.69, 9.17) is 0 Å². The van der Waals surface area contributed by atoms with Crippen LogP contribution in [-0.4, -0.2) is 44.6 Å². The fourth-order valence-corrected chi connectivity index (χ4v) is 6.35. The summed E-state index contributed by atoms with van der Waals surface area (Å²) in [5.41, 5.74) is -0.512. The lowest BCUT2D eigenvalue weighted by molar-refractivity contribution is -0.304. The van der Waals surface area contributed by atoms with E-state index in [1.54, 1.807) is 6.07 Å². The molecule has 5 rings (SSSR count). The molecule has 1 heterocycles. The van der Waals surface area contributed by atoms with Gasteiger partial charge in [0.1, 0.15) is 11.4 Å². The second-order valence-electron chi connectivity index (χ2n) is 8.98. The Hall–Kier alpha value is -1.10. The summed E-state index contributed by atoms with van der Waals surface area (Å²) in [5.74, 6) is 0.938. The van der Waals surface area contributed by atoms with Crippen molar-refractivity contribution in [1.82, 2.24) is 4.90 Å². The molecule has 136 valence electrons. The number of fused-ring (bicyclic) bond motifs is 1. The number of hydrogen-bond donors (Lipinski definition) is 3. The van der Waals surface area contributed by atoms with E-state index in [0.29, 0.717) is 18.8 Å². The molecule has 1 aromatic rings. The molecular formula is C21H29NO3. The number of aromatic hydroxyl groups is 1. The summed E-state index contributed by atoms with van der Waals surface area (Å²) in [6, 6.07) is 5.53. The Morgan fingerprint density at radius 3 is 2.60 bits per heavy atom. The van der Waals surface area contributed by atoms with Gasteiger partial charge in [0, 0.05) is 24.9 Å². The van der Waals surface area contributed by atoms with Gasteiger partial charge in [-0.05, 0) is 61.3 Å². The molecule has 0 radical (unpaired) electrons. The fourth-order valence-electron chi connectivity index (χ4n) is 6.35. The third kappa shape index (κ3) is 1.93. The van der Waals surface area contributed by atoms with Gasteiger partial charge < -0.3 is 15.3 Å². The molecule has 0 unspecified atom stereocenters. The Kier molecular flexibility index (Phi) is 3.36. The van der Waals surface area contributed by atoms with Gasteiger partial charge in [-0.15, -0.1) is 0 Å². The maximum absolute atomic E-state index is 12.0. The number of rotatable bonds is 2. The third-order valence-corrected chi connectivity index (χ3v) is 7.93. The Labute approximate surface area is 149 Å². The predicted octanol–water partition coefficient (Wildman–Crippen LogP) is 2.69. The first-order valence-electron chi connectivity index (χ1n) is 10.0. The SMILES string of the molecule is Oc1ccc2c(c1)[C@@]13CCCC[C@@]1(O)[C@@](O)(C2)N(CC1CCC1)CC3. The molecular weight excluding hydrogens is 314 g/mol. The molecule has 4 aliphatic rings. The van der Waals surface area contributed by atoms with E-state index in [-0.39, 0.29) is 5.75 Å². The zero-order valence-corrected chi connectivity index (χ0v) is 14.9. The molecule has 4 nitrogen and oxygen atoms in total. The molecule has 3 aliphatic carbocycles. The fraction of sp³-hybridized carbons (Fsp3) is 0.714. The molecule has 0 amide bonds. The number of piperidine rings is 1. The molecule has 1 aromatic carbocycles. The predicted molar refractivity (Wildman–Crippen MR) is 95.4 cm³/mol. The molecule has 1 aliphatic heterocycles. The van der Waals surface area contributed by atoms with Crippen LogP contribution < -0.4 is 0 Å². The average molecular weight is 343 g/mol. The van der Waals surface area contributed by atoms with Crippen molar-refractivity contribution in [1.29, 1.82) is 0 Å². The highest BCUT2D eigenvalue weighted by atomic mass is 16.4. The quantitative estimate of drug-likeness (QED) is 0.772. The van der Waals surface area contributed by atoms with Crippen molar-refractivity contribution in [2.45, 2.75) is 74.5 Å². The Balaban J connectivity index is 1.65. The number of aliphatic hydroxyl groups is 2. The van der Waals surface area contributed by atoms with Gasteiger partial charge in [0.25, 0.3) is 0 Å². The van der Waals surface area contributed by atoms with Gasteiger partial charge in [-0.25, -0.2) is 0 Å². The Morgan fingerprint density at radius 2 is 1.84 bits per heavy atom. The van der Waals surface area contributed by atoms with Gasteiger partial charge in [-0.1, -0.05) is 25.3 Å². The number of benzene rings is 1. The summed E-state index contributed by atoms with van der Waals surface area (Å²) in [6.07, 6.45) is 8.73. The highest BCUT2D eigenvalue weighted by Gasteiger charge is 2.70. The maximum atomic E-state index is 12.0. The average Bonchev–Trinajstić information content (AvgIpc) is 2.54. The van der Waals surface area contributed by atoms with Crippen molar-refractivity contribution in [3.63, 3.8) is 0 Å². The summed E-state index contributed by atoms with van der Waals surface area (Å²) in [6.45, 7) is 1.74. The van der Waals surface area contributed by atoms with E-state index in [1.807, 2.05) is 12.1 Å². The number of phenolic OH excluding ortho intramolecular Hbond substituents is 1. The normalized spacial score (nSPS) is 40.9. The van der Waals surface area contributed by atoms with E-state index >= 15 is 0 Å². The van der Waals surface area contributed by atoms with Crippen LogP contribution in [0.2, 0.25) is 0 Å². The molecule has 0 aromatic heterocycles. The smallest absolute Gasteiger partial charge is 0.152 e. The summed E-state index contributed by atoms with van der Waals surface area (Å²) < 4.78 is 0. The Morgan fingerprint density at radius 1 is 1.04 bits per heavy atom. The standard InChI is InChI=1S/C21H29NO3/c23-17-7-6-16-13-21(25)20(24)9-2-1-8-19(20,18(16)12-17)10-11-22(21)14-15-4-3-5-15/h6-7,12,15,23-25H,1-5,8-11,13-14H2/t19-,20-,21-/m0/s1. The molecule has 2 saturated carbocycles. The molecule has 1 saturated heterocycles. The van der Waals surface area contributed by atoms with Crippen LogP contribution in [0.4, 0.5) is 0 Å². The van der Waals surface area contributed by atoms with E-state index in [0.717, 1.165) is 49.9 Å². The molecule has 3 fully saturated rings. The number of phenols is 1. The van der Waals surface area contributed by atoms with Crippen molar-refractivity contribution in [3.05, 3.63) is 29.3 Å². The van der Waals surface area contributed by atoms with E-state index in [9.17, 15) is 15.3 Å². The van der Waals surface area contributed by atoms with E-state index in [2.05, 4.69) is 4.90 Å². The minimum atomic E-state index is -1.18. The van der Waals surface area contributed by atoms with Crippen LogP contribution in [0.1, 0.15) is 62.5 Å². The van der Waals surface area contributed by atoms with Crippen molar-refractivity contribution < 1.29 is 15.3 Å². The van der Waals surface area contributed by atoms with Crippen LogP contribution >= 0.6 is 0 Å². The van der Waals surface area contributed by atoms with Crippen molar-refractivity contribution in [2.75, 3.05) is 13.1 Å². The highest BCUT2D eigenvalue weighted by Crippen LogP contribution is 2.61. The Bertz CT molecular complexity index is 702. The second-order valence-corrected chi connectivity index (χ2v) is 8.98. The first-order chi connectivity index (χ1) is 12.0. The van der Waals surface area contributed by atoms with Crippen molar-refractivity contribution in [2.24, 2.45) is 5.92 Å². The van der Waals surface area contributed by atoms with Crippen LogP contribution in [0.15, 0.2) is 18.2 Å². The molecule has 3 N–H and O–H groups in total. The van der Waals surface area contributed by atoms with Gasteiger partial charge in [-0.3, -0.25) is 4.90 Å². The van der Waals surface area contributed by atoms with Gasteiger partial charge in [0.2, 0.25) is 0 Å². The van der Waals surface area contributed by atoms with Crippen LogP contribution in [0.5, 0.6) is 5.75 Å². The number of hydrogen-bond acceptors (Lipinski definition) is 4. The summed E-state index contributed by atoms with van der Waals surface area (Å²) in [5, 5.41) is 33.9. The minimum absolute atomic E-state index is 0.267. The van der Waals surface area contributed by atoms with Crippen LogP contribution in [0.3, 0.4) is 0 Å². The highest BCUT2D eigenvalue weighted by molar-refractivity contribution is 5.49. The molecule has 3 atom stereocenters. The maximum Gasteiger partial charge on any atom is 0.152 e. The van der Waals surface area contributed by atoms with Gasteiger partial charge in [0.05, 0.1) is 0 Å². The monoisotopic (exact) mass is 343 g/mol. The zero-order valence-electron chi connectivity index (χ0n) is 14.9. The molecule has 0 spiro atoms. The van der Waals surface area contributed by atoms with Crippen LogP contribution in [-0.2, 0) is 11.8 Å². The lowest BCUT2D eigenvalue weighted by Crippen LogP contribution is -2.80. The third-order valence-electron chi connectivity index (χ3n) is 7.93. The largest absolute Gasteiger partial charge is 0.508 e. The minimum Gasteiger partial charge on any atom is -0.508 e. The molecule has 4 heteroatoms. The zero-order chi connectivity index (χ0) is 17.3. The van der Waals surface area contributed by atoms with Gasteiger partial charge in [0.15, 0.2) is 5.72 Å². The van der Waals surface area contributed by atoms with E-state index < -0.39 is 16.7 Å². The van der Waals surface area contributed by atoms with E-state index in [1.165, 1.54) is 19.3 Å². The lowest BCUT2D eigenvalue weighted by atomic mass is 9.48. The summed E-state index contributed by atoms with van der Waals surface area (Å²) >= 11 is 0. The van der Waals surface area contributed by atoms with Gasteiger partial charge >= 0.3 is 0 Å². The first kappa shape index (κ1) is 16.1. The van der Waals surface area contributed by atoms with Gasteiger partial charge in [-0.2, -0.15) is 0 Å². The van der Waals surface area contributed by atoms with Crippen molar-refractivity contribution in [3.8, 4) is 5.75 Å². The number of nitrogens with zero attached hydrogens (tertiary/aromatic N) is 1. The summed E-state index contributed by atoms with van der Waals surface area (Å²) in [7, 11) is 0. The van der Waals surface area contributed by atoms with Crippen LogP contribution in [0, 0.1) is 5.92 Å². The molecule has 2 bridgehead atoms.